The van der Waals surface area contributed by atoms with Gasteiger partial charge in [0.05, 0.1) is 17.0 Å². The molecular weight excluding hydrogens is 234 g/mol. The number of aromatic hydroxyl groups is 1. The average molecular weight is 244 g/mol. The zero-order valence-electron chi connectivity index (χ0n) is 8.24. The number of carboxylic acid groups (broad SMARTS) is 1. The maximum absolute atomic E-state index is 11.5. The summed E-state index contributed by atoms with van der Waals surface area (Å²) in [5.41, 5.74) is 0.118. The normalized spacial score (nSPS) is 9.81. The molecule has 0 aliphatic rings. The third kappa shape index (κ3) is 3.43. The van der Waals surface area contributed by atoms with Crippen LogP contribution in [0.1, 0.15) is 16.8 Å². The van der Waals surface area contributed by atoms with Crippen LogP contribution in [0.5, 0.6) is 5.75 Å². The lowest BCUT2D eigenvalue weighted by atomic mass is 10.2. The number of carboxylic acids is 1. The minimum Gasteiger partial charge on any atom is -0.508 e. The van der Waals surface area contributed by atoms with Gasteiger partial charge in [0.2, 0.25) is 0 Å². The van der Waals surface area contributed by atoms with E-state index in [9.17, 15) is 9.59 Å². The number of phenolic OH excluding ortho intramolecular Hbond substituents is 1. The highest BCUT2D eigenvalue weighted by Crippen LogP contribution is 2.20. The van der Waals surface area contributed by atoms with Gasteiger partial charge >= 0.3 is 5.97 Å². The Morgan fingerprint density at radius 3 is 2.69 bits per heavy atom. The molecule has 0 bridgehead atoms. The average Bonchev–Trinajstić information content (AvgIpc) is 2.21. The van der Waals surface area contributed by atoms with Crippen LogP contribution >= 0.6 is 11.6 Å². The predicted octanol–water partition coefficient (Wildman–Crippen LogP) is 1.25. The number of phenols is 1. The number of hydrogen-bond donors (Lipinski definition) is 3. The molecule has 1 aromatic carbocycles. The second-order valence-electron chi connectivity index (χ2n) is 3.06. The predicted molar refractivity (Wildman–Crippen MR) is 57.7 cm³/mol. The largest absolute Gasteiger partial charge is 0.508 e. The van der Waals surface area contributed by atoms with Crippen molar-refractivity contribution in [3.05, 3.63) is 28.8 Å². The molecule has 0 aliphatic carbocycles. The van der Waals surface area contributed by atoms with Gasteiger partial charge < -0.3 is 15.5 Å². The van der Waals surface area contributed by atoms with Crippen LogP contribution < -0.4 is 5.32 Å². The van der Waals surface area contributed by atoms with Crippen molar-refractivity contribution in [1.29, 1.82) is 0 Å². The number of hydrogen-bond acceptors (Lipinski definition) is 3. The number of nitrogens with one attached hydrogen (secondary N) is 1. The van der Waals surface area contributed by atoms with E-state index in [2.05, 4.69) is 5.32 Å². The van der Waals surface area contributed by atoms with Crippen molar-refractivity contribution in [2.24, 2.45) is 0 Å². The molecule has 1 aromatic rings. The van der Waals surface area contributed by atoms with Crippen LogP contribution in [0, 0.1) is 0 Å². The molecule has 0 fully saturated rings. The summed E-state index contributed by atoms with van der Waals surface area (Å²) < 4.78 is 0. The third-order valence-corrected chi connectivity index (χ3v) is 2.15. The van der Waals surface area contributed by atoms with Gasteiger partial charge in [-0.15, -0.1) is 0 Å². The summed E-state index contributed by atoms with van der Waals surface area (Å²) in [5.74, 6) is -1.59. The zero-order chi connectivity index (χ0) is 12.1. The molecule has 0 aromatic heterocycles. The highest BCUT2D eigenvalue weighted by Gasteiger charge is 2.11. The molecule has 86 valence electrons. The summed E-state index contributed by atoms with van der Waals surface area (Å²) in [5, 5.41) is 20.1. The van der Waals surface area contributed by atoms with E-state index in [1.54, 1.807) is 0 Å². The molecule has 0 atom stereocenters. The van der Waals surface area contributed by atoms with E-state index in [0.717, 1.165) is 0 Å². The quantitative estimate of drug-likeness (QED) is 0.743. The molecule has 1 rings (SSSR count). The van der Waals surface area contributed by atoms with Crippen LogP contribution in [0.25, 0.3) is 0 Å². The van der Waals surface area contributed by atoms with Crippen LogP contribution in [0.3, 0.4) is 0 Å². The number of rotatable bonds is 4. The standard InChI is InChI=1S/C10H10ClNO4/c11-8-2-1-6(13)5-7(8)10(16)12-4-3-9(14)15/h1-2,5,13H,3-4H2,(H,12,16)(H,14,15). The second-order valence-corrected chi connectivity index (χ2v) is 3.47. The van der Waals surface area contributed by atoms with Crippen molar-refractivity contribution < 1.29 is 19.8 Å². The molecule has 0 aliphatic heterocycles. The van der Waals surface area contributed by atoms with Gasteiger partial charge in [-0.25, -0.2) is 0 Å². The number of carbonyl (C=O) groups is 2. The molecule has 0 radical (unpaired) electrons. The van der Waals surface area contributed by atoms with Gasteiger partial charge in [0, 0.05) is 6.54 Å². The summed E-state index contributed by atoms with van der Waals surface area (Å²) in [6.07, 6.45) is -0.165. The van der Waals surface area contributed by atoms with Gasteiger partial charge in [-0.2, -0.15) is 0 Å². The first-order valence-corrected chi connectivity index (χ1v) is 4.87. The van der Waals surface area contributed by atoms with E-state index in [1.807, 2.05) is 0 Å². The molecule has 0 spiro atoms. The Morgan fingerprint density at radius 2 is 2.06 bits per heavy atom. The van der Waals surface area contributed by atoms with Crippen LogP contribution in [-0.4, -0.2) is 28.6 Å². The summed E-state index contributed by atoms with van der Waals surface area (Å²) in [6, 6.07) is 3.97. The molecule has 3 N–H and O–H groups in total. The lowest BCUT2D eigenvalue weighted by Gasteiger charge is -2.05. The first-order chi connectivity index (χ1) is 7.50. The van der Waals surface area contributed by atoms with E-state index in [1.165, 1.54) is 18.2 Å². The molecule has 0 heterocycles. The number of benzene rings is 1. The summed E-state index contributed by atoms with van der Waals surface area (Å²) in [4.78, 5) is 21.7. The Labute approximate surface area is 96.7 Å². The second kappa shape index (κ2) is 5.37. The van der Waals surface area contributed by atoms with E-state index in [4.69, 9.17) is 21.8 Å². The molecule has 16 heavy (non-hydrogen) atoms. The van der Waals surface area contributed by atoms with Crippen molar-refractivity contribution >= 4 is 23.5 Å². The molecule has 5 nitrogen and oxygen atoms in total. The first kappa shape index (κ1) is 12.3. The van der Waals surface area contributed by atoms with Crippen molar-refractivity contribution in [1.82, 2.24) is 5.32 Å². The lowest BCUT2D eigenvalue weighted by Crippen LogP contribution is -2.26. The first-order valence-electron chi connectivity index (χ1n) is 4.49. The number of amides is 1. The smallest absolute Gasteiger partial charge is 0.305 e. The van der Waals surface area contributed by atoms with Crippen LogP contribution in [-0.2, 0) is 4.79 Å². The van der Waals surface area contributed by atoms with Gasteiger partial charge in [-0.05, 0) is 18.2 Å². The number of carbonyl (C=O) groups excluding carboxylic acids is 1. The van der Waals surface area contributed by atoms with E-state index >= 15 is 0 Å². The van der Waals surface area contributed by atoms with Gasteiger partial charge in [-0.1, -0.05) is 11.6 Å². The van der Waals surface area contributed by atoms with Crippen LogP contribution in [0.4, 0.5) is 0 Å². The van der Waals surface area contributed by atoms with Crippen molar-refractivity contribution in [2.45, 2.75) is 6.42 Å². The highest BCUT2D eigenvalue weighted by atomic mass is 35.5. The van der Waals surface area contributed by atoms with Gasteiger partial charge in [0.25, 0.3) is 5.91 Å². The summed E-state index contributed by atoms with van der Waals surface area (Å²) in [6.45, 7) is 0.0140. The summed E-state index contributed by atoms with van der Waals surface area (Å²) in [7, 11) is 0. The highest BCUT2D eigenvalue weighted by molar-refractivity contribution is 6.33. The Bertz CT molecular complexity index is 419. The molecule has 0 saturated carbocycles. The fourth-order valence-corrected chi connectivity index (χ4v) is 1.27. The van der Waals surface area contributed by atoms with E-state index < -0.39 is 11.9 Å². The van der Waals surface area contributed by atoms with Crippen molar-refractivity contribution in [3.63, 3.8) is 0 Å². The Hall–Kier alpha value is -1.75. The molecule has 6 heteroatoms. The SMILES string of the molecule is O=C(O)CCNC(=O)c1cc(O)ccc1Cl. The Balaban J connectivity index is 2.65. The Morgan fingerprint density at radius 1 is 1.38 bits per heavy atom. The van der Waals surface area contributed by atoms with E-state index in [-0.39, 0.29) is 29.3 Å². The van der Waals surface area contributed by atoms with Gasteiger partial charge in [-0.3, -0.25) is 9.59 Å². The molecule has 0 saturated heterocycles. The number of halogens is 1. The molecule has 1 amide bonds. The van der Waals surface area contributed by atoms with Crippen LogP contribution in [0.15, 0.2) is 18.2 Å². The number of aliphatic carboxylic acids is 1. The minimum atomic E-state index is -0.998. The lowest BCUT2D eigenvalue weighted by molar-refractivity contribution is -0.136. The molecule has 0 unspecified atom stereocenters. The fourth-order valence-electron chi connectivity index (χ4n) is 1.07. The fraction of sp³-hybridized carbons (Fsp3) is 0.200. The minimum absolute atomic E-state index is 0.0140. The van der Waals surface area contributed by atoms with E-state index in [0.29, 0.717) is 0 Å². The van der Waals surface area contributed by atoms with Gasteiger partial charge in [0.1, 0.15) is 5.75 Å². The van der Waals surface area contributed by atoms with Crippen molar-refractivity contribution in [3.8, 4) is 5.75 Å². The molecular formula is C10H10ClNO4. The van der Waals surface area contributed by atoms with Gasteiger partial charge in [0.15, 0.2) is 0 Å². The topological polar surface area (TPSA) is 86.6 Å². The Kier molecular flexibility index (Phi) is 4.13. The maximum Gasteiger partial charge on any atom is 0.305 e. The summed E-state index contributed by atoms with van der Waals surface area (Å²) >= 11 is 5.74. The van der Waals surface area contributed by atoms with Crippen LogP contribution in [0.2, 0.25) is 5.02 Å². The van der Waals surface area contributed by atoms with Crippen molar-refractivity contribution in [2.75, 3.05) is 6.54 Å². The maximum atomic E-state index is 11.5. The zero-order valence-corrected chi connectivity index (χ0v) is 8.99. The third-order valence-electron chi connectivity index (χ3n) is 1.82. The monoisotopic (exact) mass is 243 g/mol.